The summed E-state index contributed by atoms with van der Waals surface area (Å²) in [6.45, 7) is 15.8. The first-order valence-corrected chi connectivity index (χ1v) is 16.2. The average Bonchev–Trinajstić information content (AvgIpc) is 3.65. The molecule has 6 nitrogen and oxygen atoms in total. The summed E-state index contributed by atoms with van der Waals surface area (Å²) >= 11 is 15.9. The number of ether oxygens (including phenoxy) is 2. The lowest BCUT2D eigenvalue weighted by molar-refractivity contribution is -0.165. The second kappa shape index (κ2) is 11.2. The average molecular weight is 630 g/mol. The molecule has 4 atom stereocenters. The third-order valence-corrected chi connectivity index (χ3v) is 11.1. The van der Waals surface area contributed by atoms with E-state index in [1.54, 1.807) is 13.8 Å². The fourth-order valence-corrected chi connectivity index (χ4v) is 9.66. The van der Waals surface area contributed by atoms with Gasteiger partial charge in [0.15, 0.2) is 0 Å². The molecule has 0 aliphatic heterocycles. The minimum atomic E-state index is -2.18. The zero-order chi connectivity index (χ0) is 29.7. The molecule has 0 spiro atoms. The van der Waals surface area contributed by atoms with Gasteiger partial charge in [0.25, 0.3) is 5.41 Å². The van der Waals surface area contributed by atoms with Crippen molar-refractivity contribution < 1.29 is 19.1 Å². The summed E-state index contributed by atoms with van der Waals surface area (Å²) in [4.78, 5) is 34.2. The van der Waals surface area contributed by atoms with Crippen LogP contribution in [0, 0.1) is 49.0 Å². The van der Waals surface area contributed by atoms with Crippen LogP contribution in [0.3, 0.4) is 0 Å². The van der Waals surface area contributed by atoms with Crippen LogP contribution in [0.15, 0.2) is 23.3 Å². The number of hydrogen-bond donors (Lipinski definition) is 0. The first kappa shape index (κ1) is 29.9. The van der Waals surface area contributed by atoms with Gasteiger partial charge in [-0.3, -0.25) is 4.85 Å². The molecule has 5 rings (SSSR count). The molecule has 0 radical (unpaired) electrons. The fraction of sp³-hybridized carbons (Fsp3) is 0.484. The number of carbonyl (C=O) groups is 2. The van der Waals surface area contributed by atoms with Gasteiger partial charge in [-0.1, -0.05) is 35.2 Å². The van der Waals surface area contributed by atoms with Crippen molar-refractivity contribution in [3.63, 3.8) is 0 Å². The second-order valence-corrected chi connectivity index (χ2v) is 14.4. The Labute approximate surface area is 258 Å². The van der Waals surface area contributed by atoms with Gasteiger partial charge in [0.05, 0.1) is 33.9 Å². The molecule has 2 aromatic rings. The highest BCUT2D eigenvalue weighted by atomic mass is 35.5. The van der Waals surface area contributed by atoms with Crippen molar-refractivity contribution >= 4 is 69.0 Å². The molecule has 2 fully saturated rings. The van der Waals surface area contributed by atoms with Gasteiger partial charge in [-0.2, -0.15) is 5.26 Å². The lowest BCUT2D eigenvalue weighted by Crippen LogP contribution is -2.60. The SMILES string of the molecule is [C-]#[N+]C1(C(=O)OCC)C2C(c3cc(Cl)sc3C)=C(c3cc(Cl)sc3C)C(C2=C2CCCCC2)C1(C#N)C(=O)OCC. The molecular formula is C31H30Cl2N2O4S2. The van der Waals surface area contributed by atoms with E-state index in [4.69, 9.17) is 39.2 Å². The van der Waals surface area contributed by atoms with E-state index >= 15 is 0 Å². The van der Waals surface area contributed by atoms with Crippen molar-refractivity contribution in [2.24, 2.45) is 17.3 Å². The molecule has 4 unspecified atom stereocenters. The van der Waals surface area contributed by atoms with Crippen molar-refractivity contribution in [3.8, 4) is 6.07 Å². The van der Waals surface area contributed by atoms with Gasteiger partial charge in [-0.05, 0) is 93.4 Å². The van der Waals surface area contributed by atoms with Gasteiger partial charge in [0.2, 0.25) is 0 Å². The maximum absolute atomic E-state index is 14.2. The van der Waals surface area contributed by atoms with Gasteiger partial charge in [-0.15, -0.1) is 22.7 Å². The van der Waals surface area contributed by atoms with E-state index in [1.165, 1.54) is 22.7 Å². The van der Waals surface area contributed by atoms with Crippen LogP contribution in [0.4, 0.5) is 0 Å². The number of nitriles is 1. The van der Waals surface area contributed by atoms with Crippen LogP contribution in [0.1, 0.15) is 66.8 Å². The number of aryl methyl sites for hydroxylation is 2. The summed E-state index contributed by atoms with van der Waals surface area (Å²) < 4.78 is 12.3. The summed E-state index contributed by atoms with van der Waals surface area (Å²) in [7, 11) is 0. The van der Waals surface area contributed by atoms with Gasteiger partial charge >= 0.3 is 17.5 Å². The smallest absolute Gasteiger partial charge is 0.396 e. The van der Waals surface area contributed by atoms with Crippen molar-refractivity contribution in [1.29, 1.82) is 5.26 Å². The highest BCUT2D eigenvalue weighted by molar-refractivity contribution is 7.16. The van der Waals surface area contributed by atoms with Crippen molar-refractivity contribution in [2.45, 2.75) is 65.3 Å². The molecule has 0 N–H and O–H groups in total. The highest BCUT2D eigenvalue weighted by Gasteiger charge is 2.87. The number of esters is 2. The van der Waals surface area contributed by atoms with Crippen LogP contribution in [0.25, 0.3) is 16.0 Å². The Bertz CT molecular complexity index is 1480. The molecule has 2 bridgehead atoms. The van der Waals surface area contributed by atoms with E-state index in [2.05, 4.69) is 10.9 Å². The van der Waals surface area contributed by atoms with Gasteiger partial charge in [0, 0.05) is 15.7 Å². The number of hydrogen-bond acceptors (Lipinski definition) is 7. The Morgan fingerprint density at radius 2 is 1.49 bits per heavy atom. The normalized spacial score (nSPS) is 27.1. The summed E-state index contributed by atoms with van der Waals surface area (Å²) in [5.74, 6) is -3.52. The molecule has 214 valence electrons. The van der Waals surface area contributed by atoms with E-state index in [9.17, 15) is 14.9 Å². The first-order chi connectivity index (χ1) is 19.6. The Hall–Kier alpha value is -2.62. The lowest BCUT2D eigenvalue weighted by atomic mass is 9.58. The Morgan fingerprint density at radius 1 is 0.976 bits per heavy atom. The highest BCUT2D eigenvalue weighted by Crippen LogP contribution is 2.74. The molecular weight excluding hydrogens is 599 g/mol. The number of fused-ring (bicyclic) bond motifs is 2. The molecule has 2 aromatic heterocycles. The second-order valence-electron chi connectivity index (χ2n) is 10.6. The molecule has 0 amide bonds. The predicted octanol–water partition coefficient (Wildman–Crippen LogP) is 8.46. The summed E-state index contributed by atoms with van der Waals surface area (Å²) in [5, 5.41) is 11.1. The topological polar surface area (TPSA) is 80.8 Å². The molecule has 2 saturated carbocycles. The minimum Gasteiger partial charge on any atom is -0.465 e. The van der Waals surface area contributed by atoms with Crippen LogP contribution in [0.2, 0.25) is 8.67 Å². The molecule has 10 heteroatoms. The third-order valence-electron chi connectivity index (χ3n) is 8.70. The van der Waals surface area contributed by atoms with E-state index in [0.717, 1.165) is 75.3 Å². The van der Waals surface area contributed by atoms with Crippen LogP contribution >= 0.6 is 45.9 Å². The Kier molecular flexibility index (Phi) is 8.18. The molecule has 3 aliphatic rings. The number of thiophene rings is 2. The minimum absolute atomic E-state index is 0.00180. The number of nitrogens with zero attached hydrogens (tertiary/aromatic N) is 2. The van der Waals surface area contributed by atoms with E-state index in [1.807, 2.05) is 26.0 Å². The van der Waals surface area contributed by atoms with Gasteiger partial charge in [0.1, 0.15) is 0 Å². The van der Waals surface area contributed by atoms with Crippen molar-refractivity contribution in [3.05, 3.63) is 64.2 Å². The monoisotopic (exact) mass is 628 g/mol. The fourth-order valence-electron chi connectivity index (χ4n) is 7.26. The van der Waals surface area contributed by atoms with Gasteiger partial charge in [-0.25, -0.2) is 16.2 Å². The number of halogens is 2. The van der Waals surface area contributed by atoms with Crippen LogP contribution in [-0.4, -0.2) is 30.7 Å². The van der Waals surface area contributed by atoms with E-state index < -0.39 is 34.7 Å². The number of carbonyl (C=O) groups excluding carboxylic acids is 2. The molecule has 41 heavy (non-hydrogen) atoms. The van der Waals surface area contributed by atoms with E-state index in [0.29, 0.717) is 8.67 Å². The van der Waals surface area contributed by atoms with Crippen molar-refractivity contribution in [1.82, 2.24) is 0 Å². The maximum Gasteiger partial charge on any atom is 0.396 e. The lowest BCUT2D eigenvalue weighted by Gasteiger charge is -2.38. The summed E-state index contributed by atoms with van der Waals surface area (Å²) in [5.41, 5.74) is 0.707. The zero-order valence-corrected chi connectivity index (χ0v) is 26.5. The first-order valence-electron chi connectivity index (χ1n) is 13.8. The summed E-state index contributed by atoms with van der Waals surface area (Å²) in [6.07, 6.45) is 4.54. The number of rotatable bonds is 6. The predicted molar refractivity (Wildman–Crippen MR) is 163 cm³/mol. The van der Waals surface area contributed by atoms with Crippen LogP contribution in [-0.2, 0) is 19.1 Å². The molecule has 0 aromatic carbocycles. The molecule has 2 heterocycles. The molecule has 3 aliphatic carbocycles. The van der Waals surface area contributed by atoms with E-state index in [-0.39, 0.29) is 13.2 Å². The Morgan fingerprint density at radius 3 is 1.93 bits per heavy atom. The van der Waals surface area contributed by atoms with Crippen LogP contribution in [0.5, 0.6) is 0 Å². The largest absolute Gasteiger partial charge is 0.465 e. The quantitative estimate of drug-likeness (QED) is 0.182. The standard InChI is InChI=1S/C31H30Cl2N2O4S2/c1-6-38-28(36)30(15-34)26-23(18-11-9-8-10-12-18)27(31(30,35-5)29(37)39-7-2)25(20-14-22(33)41-17(20)4)24(26)19-13-21(32)40-16(19)3/h13-14,26-27H,6-12H2,1-4H3. The molecule has 0 saturated heterocycles. The van der Waals surface area contributed by atoms with Crippen molar-refractivity contribution in [2.75, 3.05) is 13.2 Å². The van der Waals surface area contributed by atoms with Gasteiger partial charge < -0.3 is 9.47 Å². The maximum atomic E-state index is 14.2. The number of allylic oxidation sites excluding steroid dienone is 2. The summed E-state index contributed by atoms with van der Waals surface area (Å²) in [6, 6.07) is 5.98. The zero-order valence-electron chi connectivity index (χ0n) is 23.4. The van der Waals surface area contributed by atoms with Crippen LogP contribution < -0.4 is 0 Å². The Balaban J connectivity index is 2.02. The third kappa shape index (κ3) is 4.13.